The summed E-state index contributed by atoms with van der Waals surface area (Å²) in [5.74, 6) is -0.495. The highest BCUT2D eigenvalue weighted by atomic mass is 79.9. The second-order valence-electron chi connectivity index (χ2n) is 3.27. The van der Waals surface area contributed by atoms with Crippen molar-refractivity contribution < 1.29 is 18.0 Å². The highest BCUT2D eigenvalue weighted by molar-refractivity contribution is 9.09. The van der Waals surface area contributed by atoms with Crippen LogP contribution in [0.3, 0.4) is 0 Å². The van der Waals surface area contributed by atoms with E-state index in [1.165, 1.54) is 23.9 Å². The van der Waals surface area contributed by atoms with Crippen molar-refractivity contribution in [3.63, 3.8) is 0 Å². The van der Waals surface area contributed by atoms with Crippen molar-refractivity contribution in [1.29, 1.82) is 0 Å². The van der Waals surface area contributed by atoms with Gasteiger partial charge in [0, 0.05) is 22.2 Å². The first-order valence-corrected chi connectivity index (χ1v) is 7.09. The van der Waals surface area contributed by atoms with Gasteiger partial charge in [0.05, 0.1) is 5.56 Å². The van der Waals surface area contributed by atoms with Gasteiger partial charge in [-0.1, -0.05) is 15.9 Å². The monoisotopic (exact) mass is 326 g/mol. The zero-order valence-corrected chi connectivity index (χ0v) is 11.4. The topological polar surface area (TPSA) is 17.1 Å². The second kappa shape index (κ2) is 5.91. The molecule has 0 saturated carbocycles. The summed E-state index contributed by atoms with van der Waals surface area (Å²) in [6.07, 6.45) is -2.68. The molecule has 1 nitrogen and oxygen atoms in total. The van der Waals surface area contributed by atoms with Crippen LogP contribution >= 0.6 is 27.7 Å². The van der Waals surface area contributed by atoms with Gasteiger partial charge >= 0.3 is 6.18 Å². The van der Waals surface area contributed by atoms with E-state index in [0.717, 1.165) is 6.07 Å². The number of hydrogen-bond donors (Lipinski definition) is 0. The smallest absolute Gasteiger partial charge is 0.294 e. The first-order chi connectivity index (χ1) is 7.90. The third kappa shape index (κ3) is 3.74. The van der Waals surface area contributed by atoms with Gasteiger partial charge in [-0.2, -0.15) is 13.2 Å². The van der Waals surface area contributed by atoms with Gasteiger partial charge in [0.25, 0.3) is 0 Å². The standard InChI is InChI=1S/C11H10BrF3OS/c1-17-7-2-3-9(11(13,14)15)8(6-7)10(16)4-5-12/h2-3,6H,4-5H2,1H3. The molecule has 94 valence electrons. The zero-order chi connectivity index (χ0) is 13.1. The van der Waals surface area contributed by atoms with Crippen molar-refractivity contribution in [3.8, 4) is 0 Å². The van der Waals surface area contributed by atoms with Gasteiger partial charge in [-0.25, -0.2) is 0 Å². The average molecular weight is 327 g/mol. The van der Waals surface area contributed by atoms with Crippen LogP contribution in [0, 0.1) is 0 Å². The van der Waals surface area contributed by atoms with Crippen molar-refractivity contribution in [2.24, 2.45) is 0 Å². The summed E-state index contributed by atoms with van der Waals surface area (Å²) in [7, 11) is 0. The van der Waals surface area contributed by atoms with E-state index >= 15 is 0 Å². The van der Waals surface area contributed by atoms with Crippen LogP contribution < -0.4 is 0 Å². The van der Waals surface area contributed by atoms with Crippen LogP contribution in [0.5, 0.6) is 0 Å². The molecule has 0 aromatic heterocycles. The first kappa shape index (κ1) is 14.6. The van der Waals surface area contributed by atoms with Crippen molar-refractivity contribution in [2.75, 3.05) is 11.6 Å². The number of ketones is 1. The molecule has 0 bridgehead atoms. The molecule has 1 aromatic carbocycles. The number of carbonyl (C=O) groups excluding carboxylic acids is 1. The van der Waals surface area contributed by atoms with Crippen LogP contribution in [-0.2, 0) is 6.18 Å². The average Bonchev–Trinajstić information content (AvgIpc) is 2.27. The summed E-state index contributed by atoms with van der Waals surface area (Å²) < 4.78 is 38.1. The number of alkyl halides is 4. The van der Waals surface area contributed by atoms with E-state index in [2.05, 4.69) is 15.9 Å². The molecular weight excluding hydrogens is 317 g/mol. The normalized spacial score (nSPS) is 11.6. The van der Waals surface area contributed by atoms with Crippen LogP contribution in [0.15, 0.2) is 23.1 Å². The minimum Gasteiger partial charge on any atom is -0.294 e. The number of halogens is 4. The molecule has 0 aliphatic carbocycles. The highest BCUT2D eigenvalue weighted by Crippen LogP contribution is 2.34. The summed E-state index contributed by atoms with van der Waals surface area (Å²) in [5, 5.41) is 0.354. The number of hydrogen-bond acceptors (Lipinski definition) is 2. The fraction of sp³-hybridized carbons (Fsp3) is 0.364. The summed E-state index contributed by atoms with van der Waals surface area (Å²) >= 11 is 4.36. The number of Topliss-reactive ketones (excluding diaryl/α,β-unsaturated/α-hetero) is 1. The molecule has 17 heavy (non-hydrogen) atoms. The largest absolute Gasteiger partial charge is 0.417 e. The van der Waals surface area contributed by atoms with Crippen molar-refractivity contribution in [3.05, 3.63) is 29.3 Å². The number of carbonyl (C=O) groups is 1. The Morgan fingerprint density at radius 1 is 1.41 bits per heavy atom. The van der Waals surface area contributed by atoms with Gasteiger partial charge in [-0.15, -0.1) is 11.8 Å². The molecule has 0 heterocycles. The SMILES string of the molecule is CSc1ccc(C(F)(F)F)c(C(=O)CCBr)c1. The number of thioether (sulfide) groups is 1. The van der Waals surface area contributed by atoms with E-state index in [1.807, 2.05) is 0 Å². The second-order valence-corrected chi connectivity index (χ2v) is 4.94. The van der Waals surface area contributed by atoms with Crippen molar-refractivity contribution in [2.45, 2.75) is 17.5 Å². The van der Waals surface area contributed by atoms with Gasteiger partial charge in [-0.05, 0) is 24.5 Å². The van der Waals surface area contributed by atoms with Crippen LogP contribution in [0.2, 0.25) is 0 Å². The van der Waals surface area contributed by atoms with Crippen molar-refractivity contribution >= 4 is 33.5 Å². The Morgan fingerprint density at radius 2 is 2.06 bits per heavy atom. The molecule has 0 radical (unpaired) electrons. The van der Waals surface area contributed by atoms with E-state index in [9.17, 15) is 18.0 Å². The van der Waals surface area contributed by atoms with Gasteiger partial charge < -0.3 is 0 Å². The molecule has 0 aliphatic heterocycles. The predicted octanol–water partition coefficient (Wildman–Crippen LogP) is 4.40. The predicted molar refractivity (Wildman–Crippen MR) is 66.0 cm³/mol. The molecule has 0 saturated heterocycles. The van der Waals surface area contributed by atoms with Gasteiger partial charge in [0.2, 0.25) is 0 Å². The van der Waals surface area contributed by atoms with Gasteiger partial charge in [0.15, 0.2) is 5.78 Å². The summed E-state index contributed by atoms with van der Waals surface area (Å²) in [5.41, 5.74) is -1.11. The molecule has 1 rings (SSSR count). The summed E-state index contributed by atoms with van der Waals surface area (Å²) in [6.45, 7) is 0. The van der Waals surface area contributed by atoms with Gasteiger partial charge in [0.1, 0.15) is 0 Å². The molecule has 0 spiro atoms. The Bertz CT molecular complexity index is 418. The quantitative estimate of drug-likeness (QED) is 0.463. The maximum atomic E-state index is 12.7. The van der Waals surface area contributed by atoms with E-state index in [-0.39, 0.29) is 12.0 Å². The Morgan fingerprint density at radius 3 is 2.53 bits per heavy atom. The lowest BCUT2D eigenvalue weighted by Gasteiger charge is -2.12. The first-order valence-electron chi connectivity index (χ1n) is 4.74. The minimum atomic E-state index is -4.49. The van der Waals surface area contributed by atoms with E-state index in [4.69, 9.17) is 0 Å². The van der Waals surface area contributed by atoms with Crippen LogP contribution in [0.25, 0.3) is 0 Å². The molecule has 0 aliphatic rings. The Labute approximate surface area is 110 Å². The maximum absolute atomic E-state index is 12.7. The fourth-order valence-corrected chi connectivity index (χ4v) is 2.15. The molecule has 0 unspecified atom stereocenters. The molecule has 0 atom stereocenters. The lowest BCUT2D eigenvalue weighted by molar-refractivity contribution is -0.137. The molecule has 0 amide bonds. The number of benzene rings is 1. The molecule has 0 N–H and O–H groups in total. The molecule has 1 aromatic rings. The third-order valence-electron chi connectivity index (χ3n) is 2.15. The van der Waals surface area contributed by atoms with E-state index in [1.54, 1.807) is 6.26 Å². The maximum Gasteiger partial charge on any atom is 0.417 e. The fourth-order valence-electron chi connectivity index (χ4n) is 1.35. The third-order valence-corrected chi connectivity index (χ3v) is 3.28. The number of rotatable bonds is 4. The Hall–Kier alpha value is -0.490. The minimum absolute atomic E-state index is 0.0565. The molecule has 0 fully saturated rings. The highest BCUT2D eigenvalue weighted by Gasteiger charge is 2.34. The Kier molecular flexibility index (Phi) is 5.06. The molecular formula is C11H10BrF3OS. The van der Waals surface area contributed by atoms with E-state index in [0.29, 0.717) is 10.2 Å². The van der Waals surface area contributed by atoms with Crippen LogP contribution in [0.1, 0.15) is 22.3 Å². The van der Waals surface area contributed by atoms with Crippen LogP contribution in [-0.4, -0.2) is 17.4 Å². The van der Waals surface area contributed by atoms with Crippen LogP contribution in [0.4, 0.5) is 13.2 Å². The lowest BCUT2D eigenvalue weighted by atomic mass is 10.0. The summed E-state index contributed by atoms with van der Waals surface area (Å²) in [4.78, 5) is 12.3. The lowest BCUT2D eigenvalue weighted by Crippen LogP contribution is -2.13. The summed E-state index contributed by atoms with van der Waals surface area (Å²) in [6, 6.07) is 3.64. The van der Waals surface area contributed by atoms with E-state index < -0.39 is 17.5 Å². The molecule has 6 heteroatoms. The zero-order valence-electron chi connectivity index (χ0n) is 8.97. The van der Waals surface area contributed by atoms with Crippen molar-refractivity contribution in [1.82, 2.24) is 0 Å². The Balaban J connectivity index is 3.26. The van der Waals surface area contributed by atoms with Gasteiger partial charge in [-0.3, -0.25) is 4.79 Å².